The molecular formula is C13H10O4. The molecule has 0 saturated heterocycles. The van der Waals surface area contributed by atoms with E-state index < -0.39 is 0 Å². The molecule has 2 aromatic rings. The fraction of sp³-hybridized carbons (Fsp3) is 0. The summed E-state index contributed by atoms with van der Waals surface area (Å²) in [5.41, 5.74) is 0.666. The van der Waals surface area contributed by atoms with Crippen molar-refractivity contribution in [3.63, 3.8) is 0 Å². The minimum Gasteiger partial charge on any atom is -0.508 e. The van der Waals surface area contributed by atoms with Crippen LogP contribution in [0.25, 0.3) is 0 Å². The maximum Gasteiger partial charge on any atom is 0.193 e. The van der Waals surface area contributed by atoms with Crippen molar-refractivity contribution >= 4 is 5.78 Å². The summed E-state index contributed by atoms with van der Waals surface area (Å²) in [5.74, 6) is -0.822. The average Bonchev–Trinajstić information content (AvgIpc) is 2.33. The van der Waals surface area contributed by atoms with Crippen molar-refractivity contribution in [2.75, 3.05) is 0 Å². The Morgan fingerprint density at radius 1 is 0.765 bits per heavy atom. The molecule has 0 saturated carbocycles. The van der Waals surface area contributed by atoms with Gasteiger partial charge in [-0.3, -0.25) is 4.79 Å². The van der Waals surface area contributed by atoms with Crippen LogP contribution in [0.2, 0.25) is 0 Å². The minimum absolute atomic E-state index is 0.0788. The van der Waals surface area contributed by atoms with Crippen molar-refractivity contribution in [1.82, 2.24) is 0 Å². The Morgan fingerprint density at radius 3 is 1.94 bits per heavy atom. The molecule has 4 nitrogen and oxygen atoms in total. The van der Waals surface area contributed by atoms with Gasteiger partial charge in [-0.2, -0.15) is 0 Å². The fourth-order valence-corrected chi connectivity index (χ4v) is 1.44. The first kappa shape index (κ1) is 11.0. The molecule has 0 spiro atoms. The second-order valence-corrected chi connectivity index (χ2v) is 3.58. The van der Waals surface area contributed by atoms with Crippen LogP contribution in [0.5, 0.6) is 17.2 Å². The largest absolute Gasteiger partial charge is 0.508 e. The van der Waals surface area contributed by atoms with E-state index >= 15 is 0 Å². The molecular weight excluding hydrogens is 220 g/mol. The molecule has 2 aromatic carbocycles. The van der Waals surface area contributed by atoms with Crippen LogP contribution in [0.3, 0.4) is 0 Å². The average molecular weight is 230 g/mol. The monoisotopic (exact) mass is 230 g/mol. The number of rotatable bonds is 2. The molecule has 0 radical (unpaired) electrons. The molecule has 0 unspecified atom stereocenters. The van der Waals surface area contributed by atoms with Crippen molar-refractivity contribution in [1.29, 1.82) is 0 Å². The maximum absolute atomic E-state index is 11.9. The summed E-state index contributed by atoms with van der Waals surface area (Å²) in [6.45, 7) is 0. The molecule has 0 bridgehead atoms. The molecule has 0 heterocycles. The zero-order chi connectivity index (χ0) is 12.4. The third-order valence-electron chi connectivity index (χ3n) is 2.37. The summed E-state index contributed by atoms with van der Waals surface area (Å²) in [6, 6.07) is 9.67. The van der Waals surface area contributed by atoms with Gasteiger partial charge < -0.3 is 15.3 Å². The number of hydrogen-bond acceptors (Lipinski definition) is 4. The van der Waals surface area contributed by atoms with E-state index in [2.05, 4.69) is 0 Å². The molecule has 0 aliphatic carbocycles. The summed E-state index contributed by atoms with van der Waals surface area (Å²) in [4.78, 5) is 11.9. The Labute approximate surface area is 97.4 Å². The Bertz CT molecular complexity index is 558. The van der Waals surface area contributed by atoms with Crippen LogP contribution in [0.15, 0.2) is 42.5 Å². The molecule has 0 amide bonds. The highest BCUT2D eigenvalue weighted by Gasteiger charge is 2.11. The maximum atomic E-state index is 11.9. The summed E-state index contributed by atoms with van der Waals surface area (Å²) >= 11 is 0. The first-order valence-corrected chi connectivity index (χ1v) is 4.93. The normalized spacial score (nSPS) is 10.1. The highest BCUT2D eigenvalue weighted by Crippen LogP contribution is 2.26. The third kappa shape index (κ3) is 2.20. The minimum atomic E-state index is -0.338. The van der Waals surface area contributed by atoms with E-state index in [1.165, 1.54) is 42.5 Å². The van der Waals surface area contributed by atoms with Crippen LogP contribution in [0.1, 0.15) is 15.9 Å². The lowest BCUT2D eigenvalue weighted by Gasteiger charge is -2.03. The first-order chi connectivity index (χ1) is 8.08. The molecule has 0 aliphatic heterocycles. The van der Waals surface area contributed by atoms with E-state index in [4.69, 9.17) is 10.2 Å². The highest BCUT2D eigenvalue weighted by atomic mass is 16.3. The van der Waals surface area contributed by atoms with Gasteiger partial charge >= 0.3 is 0 Å². The van der Waals surface area contributed by atoms with Crippen molar-refractivity contribution in [3.05, 3.63) is 53.6 Å². The lowest BCUT2D eigenvalue weighted by atomic mass is 10.0. The zero-order valence-corrected chi connectivity index (χ0v) is 8.79. The standard InChI is InChI=1S/C13H10O4/c14-10-4-1-8(2-5-10)13(17)9-3-6-11(15)12(16)7-9/h1-7,14-16H. The van der Waals surface area contributed by atoms with Crippen LogP contribution in [0, 0.1) is 0 Å². The molecule has 2 rings (SSSR count). The number of hydrogen-bond donors (Lipinski definition) is 3. The summed E-state index contributed by atoms with van der Waals surface area (Å²) in [7, 11) is 0. The Morgan fingerprint density at radius 2 is 1.35 bits per heavy atom. The van der Waals surface area contributed by atoms with Gasteiger partial charge in [0.1, 0.15) is 5.75 Å². The van der Waals surface area contributed by atoms with Gasteiger partial charge in [0.15, 0.2) is 17.3 Å². The Hall–Kier alpha value is -2.49. The SMILES string of the molecule is O=C(c1ccc(O)cc1)c1ccc(O)c(O)c1. The molecule has 0 fully saturated rings. The van der Waals surface area contributed by atoms with Crippen molar-refractivity contribution in [2.45, 2.75) is 0 Å². The first-order valence-electron chi connectivity index (χ1n) is 4.93. The van der Waals surface area contributed by atoms with Crippen LogP contribution in [-0.4, -0.2) is 21.1 Å². The summed E-state index contributed by atoms with van der Waals surface area (Å²) in [6.07, 6.45) is 0. The number of carbonyl (C=O) groups excluding carboxylic acids is 1. The third-order valence-corrected chi connectivity index (χ3v) is 2.37. The van der Waals surface area contributed by atoms with Crippen LogP contribution in [-0.2, 0) is 0 Å². The lowest BCUT2D eigenvalue weighted by Crippen LogP contribution is -2.00. The molecule has 0 atom stereocenters. The molecule has 0 aromatic heterocycles. The van der Waals surface area contributed by atoms with Crippen molar-refractivity contribution in [2.24, 2.45) is 0 Å². The van der Waals surface area contributed by atoms with Gasteiger partial charge in [0.25, 0.3) is 0 Å². The number of carbonyl (C=O) groups is 1. The van der Waals surface area contributed by atoms with E-state index in [1.54, 1.807) is 0 Å². The summed E-state index contributed by atoms with van der Waals surface area (Å²) in [5, 5.41) is 27.5. The predicted molar refractivity (Wildman–Crippen MR) is 61.3 cm³/mol. The van der Waals surface area contributed by atoms with Gasteiger partial charge in [0.2, 0.25) is 0 Å². The Kier molecular flexibility index (Phi) is 2.70. The zero-order valence-electron chi connectivity index (χ0n) is 8.79. The lowest BCUT2D eigenvalue weighted by molar-refractivity contribution is 0.103. The number of benzene rings is 2. The molecule has 17 heavy (non-hydrogen) atoms. The van der Waals surface area contributed by atoms with Crippen LogP contribution < -0.4 is 0 Å². The summed E-state index contributed by atoms with van der Waals surface area (Å²) < 4.78 is 0. The second-order valence-electron chi connectivity index (χ2n) is 3.58. The van der Waals surface area contributed by atoms with E-state index in [-0.39, 0.29) is 28.6 Å². The van der Waals surface area contributed by atoms with E-state index in [0.717, 1.165) is 0 Å². The van der Waals surface area contributed by atoms with Gasteiger partial charge in [-0.05, 0) is 42.5 Å². The number of aromatic hydroxyl groups is 3. The molecule has 0 aliphatic rings. The molecule has 86 valence electrons. The topological polar surface area (TPSA) is 77.8 Å². The highest BCUT2D eigenvalue weighted by molar-refractivity contribution is 6.09. The van der Waals surface area contributed by atoms with Crippen LogP contribution in [0.4, 0.5) is 0 Å². The number of phenolic OH excluding ortho intramolecular Hbond substituents is 3. The van der Waals surface area contributed by atoms with E-state index in [1.807, 2.05) is 0 Å². The van der Waals surface area contributed by atoms with Gasteiger partial charge in [-0.1, -0.05) is 0 Å². The van der Waals surface area contributed by atoms with Gasteiger partial charge in [0.05, 0.1) is 0 Å². The molecule has 3 N–H and O–H groups in total. The van der Waals surface area contributed by atoms with Crippen molar-refractivity contribution < 1.29 is 20.1 Å². The number of phenols is 3. The smallest absolute Gasteiger partial charge is 0.193 e. The van der Waals surface area contributed by atoms with E-state index in [0.29, 0.717) is 5.56 Å². The quantitative estimate of drug-likeness (QED) is 0.545. The van der Waals surface area contributed by atoms with Gasteiger partial charge in [0, 0.05) is 11.1 Å². The van der Waals surface area contributed by atoms with E-state index in [9.17, 15) is 9.90 Å². The predicted octanol–water partition coefficient (Wildman–Crippen LogP) is 2.03. The van der Waals surface area contributed by atoms with Crippen molar-refractivity contribution in [3.8, 4) is 17.2 Å². The Balaban J connectivity index is 2.37. The second kappa shape index (κ2) is 4.17. The fourth-order valence-electron chi connectivity index (χ4n) is 1.44. The molecule has 4 heteroatoms. The van der Waals surface area contributed by atoms with Crippen LogP contribution >= 0.6 is 0 Å². The van der Waals surface area contributed by atoms with Gasteiger partial charge in [-0.25, -0.2) is 0 Å². The number of ketones is 1. The van der Waals surface area contributed by atoms with Gasteiger partial charge in [-0.15, -0.1) is 0 Å².